The SMILES string of the molecule is Cc1cnc(-c2nn(C)c3c2CN(C(=O)C2(c4ccccc4)CC2)CC3)o1. The molecule has 3 heterocycles. The fraction of sp³-hybridized carbons (Fsp3) is 0.381. The van der Waals surface area contributed by atoms with E-state index in [0.29, 0.717) is 12.4 Å². The van der Waals surface area contributed by atoms with E-state index >= 15 is 0 Å². The lowest BCUT2D eigenvalue weighted by Gasteiger charge is -2.31. The first kappa shape index (κ1) is 16.3. The van der Waals surface area contributed by atoms with Crippen LogP contribution in [-0.4, -0.2) is 32.1 Å². The molecule has 0 spiro atoms. The second-order valence-corrected chi connectivity index (χ2v) is 7.60. The van der Waals surface area contributed by atoms with Crippen molar-refractivity contribution in [3.8, 4) is 11.6 Å². The van der Waals surface area contributed by atoms with Crippen molar-refractivity contribution >= 4 is 5.91 Å². The molecule has 1 saturated carbocycles. The van der Waals surface area contributed by atoms with E-state index in [-0.39, 0.29) is 11.3 Å². The minimum absolute atomic E-state index is 0.234. The topological polar surface area (TPSA) is 64.2 Å². The lowest BCUT2D eigenvalue weighted by molar-refractivity contribution is -0.134. The lowest BCUT2D eigenvalue weighted by atomic mass is 9.93. The van der Waals surface area contributed by atoms with Gasteiger partial charge in [-0.05, 0) is 25.3 Å². The van der Waals surface area contributed by atoms with Gasteiger partial charge in [-0.25, -0.2) is 4.98 Å². The number of carbonyl (C=O) groups excluding carboxylic acids is 1. The molecule has 27 heavy (non-hydrogen) atoms. The van der Waals surface area contributed by atoms with Crippen molar-refractivity contribution in [3.63, 3.8) is 0 Å². The minimum Gasteiger partial charge on any atom is -0.440 e. The molecule has 0 atom stereocenters. The smallest absolute Gasteiger partial charge is 0.247 e. The van der Waals surface area contributed by atoms with Gasteiger partial charge in [0, 0.05) is 37.8 Å². The maximum absolute atomic E-state index is 13.4. The van der Waals surface area contributed by atoms with Gasteiger partial charge in [0.2, 0.25) is 11.8 Å². The quantitative estimate of drug-likeness (QED) is 0.718. The van der Waals surface area contributed by atoms with Crippen molar-refractivity contribution in [1.82, 2.24) is 19.7 Å². The molecule has 0 unspecified atom stereocenters. The van der Waals surface area contributed by atoms with Gasteiger partial charge in [-0.3, -0.25) is 9.48 Å². The number of benzene rings is 1. The van der Waals surface area contributed by atoms with Crippen LogP contribution in [0.25, 0.3) is 11.6 Å². The van der Waals surface area contributed by atoms with Crippen molar-refractivity contribution in [2.45, 2.75) is 38.1 Å². The lowest BCUT2D eigenvalue weighted by Crippen LogP contribution is -2.42. The van der Waals surface area contributed by atoms with Crippen molar-refractivity contribution in [1.29, 1.82) is 0 Å². The Labute approximate surface area is 157 Å². The number of hydrogen-bond acceptors (Lipinski definition) is 4. The molecule has 0 N–H and O–H groups in total. The van der Waals surface area contributed by atoms with Crippen LogP contribution >= 0.6 is 0 Å². The highest BCUT2D eigenvalue weighted by Crippen LogP contribution is 2.50. The summed E-state index contributed by atoms with van der Waals surface area (Å²) in [7, 11) is 1.95. The molecule has 1 aliphatic heterocycles. The van der Waals surface area contributed by atoms with Gasteiger partial charge in [0.05, 0.1) is 11.6 Å². The Morgan fingerprint density at radius 3 is 2.67 bits per heavy atom. The van der Waals surface area contributed by atoms with Crippen LogP contribution < -0.4 is 0 Å². The Kier molecular flexibility index (Phi) is 3.50. The summed E-state index contributed by atoms with van der Waals surface area (Å²) in [6, 6.07) is 10.2. The molecular weight excluding hydrogens is 340 g/mol. The van der Waals surface area contributed by atoms with Crippen LogP contribution in [0.1, 0.15) is 35.4 Å². The zero-order valence-electron chi connectivity index (χ0n) is 15.6. The molecule has 5 rings (SSSR count). The van der Waals surface area contributed by atoms with Gasteiger partial charge >= 0.3 is 0 Å². The van der Waals surface area contributed by atoms with E-state index in [0.717, 1.165) is 54.1 Å². The summed E-state index contributed by atoms with van der Waals surface area (Å²) in [5.41, 5.74) is 3.77. The molecule has 0 saturated heterocycles. The molecule has 1 aliphatic carbocycles. The van der Waals surface area contributed by atoms with Gasteiger partial charge in [0.1, 0.15) is 5.76 Å². The molecule has 1 amide bonds. The van der Waals surface area contributed by atoms with Crippen LogP contribution in [0, 0.1) is 6.92 Å². The average molecular weight is 362 g/mol. The number of aromatic nitrogens is 3. The first-order valence-corrected chi connectivity index (χ1v) is 9.41. The van der Waals surface area contributed by atoms with E-state index in [1.165, 1.54) is 0 Å². The van der Waals surface area contributed by atoms with Gasteiger partial charge < -0.3 is 9.32 Å². The zero-order chi connectivity index (χ0) is 18.6. The fourth-order valence-corrected chi connectivity index (χ4v) is 4.21. The maximum atomic E-state index is 13.4. The number of oxazole rings is 1. The molecule has 2 aromatic heterocycles. The third-order valence-corrected chi connectivity index (χ3v) is 5.84. The van der Waals surface area contributed by atoms with Gasteiger partial charge in [0.25, 0.3) is 0 Å². The number of nitrogens with zero attached hydrogens (tertiary/aromatic N) is 4. The molecule has 0 bridgehead atoms. The van der Waals surface area contributed by atoms with Gasteiger partial charge in [-0.15, -0.1) is 0 Å². The molecule has 138 valence electrons. The van der Waals surface area contributed by atoms with E-state index < -0.39 is 0 Å². The predicted octanol–water partition coefficient (Wildman–Crippen LogP) is 3.00. The van der Waals surface area contributed by atoms with Crippen molar-refractivity contribution in [3.05, 3.63) is 59.1 Å². The van der Waals surface area contributed by atoms with Gasteiger partial charge in [-0.2, -0.15) is 5.10 Å². The van der Waals surface area contributed by atoms with Crippen molar-refractivity contribution < 1.29 is 9.21 Å². The number of rotatable bonds is 3. The molecule has 1 aromatic carbocycles. The van der Waals surface area contributed by atoms with Crippen LogP contribution in [-0.2, 0) is 30.2 Å². The Bertz CT molecular complexity index is 1010. The number of aryl methyl sites for hydroxylation is 2. The molecular formula is C21H22N4O2. The minimum atomic E-state index is -0.333. The van der Waals surface area contributed by atoms with E-state index in [4.69, 9.17) is 4.42 Å². The summed E-state index contributed by atoms with van der Waals surface area (Å²) >= 11 is 0. The highest BCUT2D eigenvalue weighted by Gasteiger charge is 2.53. The van der Waals surface area contributed by atoms with E-state index in [2.05, 4.69) is 22.2 Å². The van der Waals surface area contributed by atoms with E-state index in [1.54, 1.807) is 6.20 Å². The molecule has 3 aromatic rings. The maximum Gasteiger partial charge on any atom is 0.247 e. The van der Waals surface area contributed by atoms with E-state index in [1.807, 2.05) is 41.8 Å². The third-order valence-electron chi connectivity index (χ3n) is 5.84. The zero-order valence-corrected chi connectivity index (χ0v) is 15.6. The standard InChI is InChI=1S/C21H22N4O2/c1-14-12-22-19(27-14)18-16-13-25(11-8-17(16)24(2)23-18)20(26)21(9-10-21)15-6-4-3-5-7-15/h3-7,12H,8-11,13H2,1-2H3. The summed E-state index contributed by atoms with van der Waals surface area (Å²) in [4.78, 5) is 19.7. The Morgan fingerprint density at radius 2 is 2.00 bits per heavy atom. The van der Waals surface area contributed by atoms with Gasteiger partial charge in [-0.1, -0.05) is 30.3 Å². The van der Waals surface area contributed by atoms with Crippen molar-refractivity contribution in [2.75, 3.05) is 6.54 Å². The highest BCUT2D eigenvalue weighted by atomic mass is 16.4. The number of carbonyl (C=O) groups is 1. The monoisotopic (exact) mass is 362 g/mol. The first-order valence-electron chi connectivity index (χ1n) is 9.41. The Hall–Kier alpha value is -2.89. The van der Waals surface area contributed by atoms with Crippen LogP contribution in [0.4, 0.5) is 0 Å². The molecule has 0 radical (unpaired) electrons. The number of fused-ring (bicyclic) bond motifs is 1. The molecule has 6 nitrogen and oxygen atoms in total. The predicted molar refractivity (Wildman–Crippen MR) is 99.9 cm³/mol. The number of amides is 1. The average Bonchev–Trinajstić information content (AvgIpc) is 3.30. The normalized spacial score (nSPS) is 17.6. The summed E-state index contributed by atoms with van der Waals surface area (Å²) in [5.74, 6) is 1.52. The summed E-state index contributed by atoms with van der Waals surface area (Å²) in [5, 5.41) is 4.63. The van der Waals surface area contributed by atoms with Crippen LogP contribution in [0.15, 0.2) is 40.9 Å². The molecule has 2 aliphatic rings. The molecule has 1 fully saturated rings. The summed E-state index contributed by atoms with van der Waals surface area (Å²) < 4.78 is 7.60. The third kappa shape index (κ3) is 2.51. The second-order valence-electron chi connectivity index (χ2n) is 7.60. The van der Waals surface area contributed by atoms with E-state index in [9.17, 15) is 4.79 Å². The highest BCUT2D eigenvalue weighted by molar-refractivity contribution is 5.91. The fourth-order valence-electron chi connectivity index (χ4n) is 4.21. The number of hydrogen-bond donors (Lipinski definition) is 0. The summed E-state index contributed by atoms with van der Waals surface area (Å²) in [6.07, 6.45) is 4.36. The van der Waals surface area contributed by atoms with Crippen LogP contribution in [0.5, 0.6) is 0 Å². The molecule has 6 heteroatoms. The Balaban J connectivity index is 1.47. The van der Waals surface area contributed by atoms with Crippen molar-refractivity contribution in [2.24, 2.45) is 7.05 Å². The van der Waals surface area contributed by atoms with Crippen LogP contribution in [0.2, 0.25) is 0 Å². The second kappa shape index (κ2) is 5.81. The largest absolute Gasteiger partial charge is 0.440 e. The first-order chi connectivity index (χ1) is 13.1. The summed E-state index contributed by atoms with van der Waals surface area (Å²) in [6.45, 7) is 3.16. The Morgan fingerprint density at radius 1 is 1.22 bits per heavy atom. The van der Waals surface area contributed by atoms with Gasteiger partial charge in [0.15, 0.2) is 5.69 Å². The van der Waals surface area contributed by atoms with Crippen LogP contribution in [0.3, 0.4) is 0 Å².